The van der Waals surface area contributed by atoms with Gasteiger partial charge in [-0.2, -0.15) is 8.42 Å². The van der Waals surface area contributed by atoms with Gasteiger partial charge < -0.3 is 0 Å². The fourth-order valence-electron chi connectivity index (χ4n) is 4.18. The molecular weight excluding hydrogens is 428 g/mol. The van der Waals surface area contributed by atoms with Crippen LogP contribution in [0.1, 0.15) is 111 Å². The van der Waals surface area contributed by atoms with Crippen LogP contribution in [0.5, 0.6) is 0 Å². The van der Waals surface area contributed by atoms with E-state index >= 15 is 0 Å². The third-order valence-electron chi connectivity index (χ3n) is 6.53. The molecule has 3 nitrogen and oxygen atoms in total. The van der Waals surface area contributed by atoms with Crippen LogP contribution in [0.4, 0.5) is 0 Å². The molecular formula is C29H50O3S. The summed E-state index contributed by atoms with van der Waals surface area (Å²) < 4.78 is 29.6. The van der Waals surface area contributed by atoms with E-state index in [0.717, 1.165) is 36.2 Å². The summed E-state index contributed by atoms with van der Waals surface area (Å²) in [5.74, 6) is 2.52. The molecule has 0 spiro atoms. The van der Waals surface area contributed by atoms with E-state index in [0.29, 0.717) is 6.42 Å². The number of rotatable bonds is 18. The Morgan fingerprint density at radius 2 is 1.39 bits per heavy atom. The van der Waals surface area contributed by atoms with Crippen LogP contribution in [0, 0.1) is 24.7 Å². The SMILES string of the molecule is CC(=CCCCOS(=O)(=O)c1ccc(C)cc1)CCCC(C)CCCC(C)CCCC(C)C. The van der Waals surface area contributed by atoms with Gasteiger partial charge in [-0.3, -0.25) is 4.18 Å². The summed E-state index contributed by atoms with van der Waals surface area (Å²) in [7, 11) is -3.64. The minimum absolute atomic E-state index is 0.229. The van der Waals surface area contributed by atoms with Gasteiger partial charge in [0, 0.05) is 0 Å². The van der Waals surface area contributed by atoms with Gasteiger partial charge in [0.05, 0.1) is 11.5 Å². The van der Waals surface area contributed by atoms with Gasteiger partial charge in [0.15, 0.2) is 0 Å². The predicted octanol–water partition coefficient (Wildman–Crippen LogP) is 8.87. The van der Waals surface area contributed by atoms with Gasteiger partial charge in [-0.15, -0.1) is 0 Å². The molecule has 1 aromatic carbocycles. The Morgan fingerprint density at radius 1 is 0.848 bits per heavy atom. The lowest BCUT2D eigenvalue weighted by molar-refractivity contribution is 0.313. The molecule has 0 aliphatic rings. The molecule has 0 fully saturated rings. The maximum atomic E-state index is 12.2. The zero-order valence-corrected chi connectivity index (χ0v) is 23.1. The zero-order valence-electron chi connectivity index (χ0n) is 22.2. The molecule has 0 radical (unpaired) electrons. The van der Waals surface area contributed by atoms with Gasteiger partial charge in [-0.1, -0.05) is 102 Å². The van der Waals surface area contributed by atoms with Crippen LogP contribution in [0.3, 0.4) is 0 Å². The van der Waals surface area contributed by atoms with Crippen LogP contribution in [-0.2, 0) is 14.3 Å². The average Bonchev–Trinajstić information content (AvgIpc) is 2.73. The number of hydrogen-bond acceptors (Lipinski definition) is 3. The smallest absolute Gasteiger partial charge is 0.266 e. The third kappa shape index (κ3) is 14.7. The highest BCUT2D eigenvalue weighted by Crippen LogP contribution is 2.22. The zero-order chi connectivity index (χ0) is 24.7. The number of aryl methyl sites for hydroxylation is 1. The van der Waals surface area contributed by atoms with E-state index in [9.17, 15) is 8.42 Å². The molecule has 0 aromatic heterocycles. The van der Waals surface area contributed by atoms with Crippen molar-refractivity contribution in [3.05, 3.63) is 41.5 Å². The van der Waals surface area contributed by atoms with E-state index in [2.05, 4.69) is 40.7 Å². The molecule has 33 heavy (non-hydrogen) atoms. The van der Waals surface area contributed by atoms with Crippen molar-refractivity contribution in [1.82, 2.24) is 0 Å². The van der Waals surface area contributed by atoms with Crippen LogP contribution in [-0.4, -0.2) is 15.0 Å². The molecule has 0 saturated carbocycles. The first-order valence-electron chi connectivity index (χ1n) is 13.2. The lowest BCUT2D eigenvalue weighted by Crippen LogP contribution is -2.07. The van der Waals surface area contributed by atoms with Gasteiger partial charge in [-0.25, -0.2) is 0 Å². The van der Waals surface area contributed by atoms with E-state index < -0.39 is 10.1 Å². The van der Waals surface area contributed by atoms with Gasteiger partial charge in [0.25, 0.3) is 10.1 Å². The number of benzene rings is 1. The first kappa shape index (κ1) is 29.9. The number of allylic oxidation sites excluding steroid dienone is 2. The second-order valence-corrected chi connectivity index (χ2v) is 12.3. The average molecular weight is 479 g/mol. The molecule has 190 valence electrons. The van der Waals surface area contributed by atoms with Crippen molar-refractivity contribution in [2.75, 3.05) is 6.61 Å². The number of hydrogen-bond donors (Lipinski definition) is 0. The number of unbranched alkanes of at least 4 members (excludes halogenated alkanes) is 1. The molecule has 0 aliphatic heterocycles. The third-order valence-corrected chi connectivity index (χ3v) is 7.86. The summed E-state index contributed by atoms with van der Waals surface area (Å²) in [4.78, 5) is 0.231. The van der Waals surface area contributed by atoms with E-state index in [1.807, 2.05) is 6.92 Å². The largest absolute Gasteiger partial charge is 0.296 e. The predicted molar refractivity (Wildman–Crippen MR) is 142 cm³/mol. The van der Waals surface area contributed by atoms with Crippen molar-refractivity contribution in [3.63, 3.8) is 0 Å². The summed E-state index contributed by atoms with van der Waals surface area (Å²) in [5, 5.41) is 0. The fraction of sp³-hybridized carbons (Fsp3) is 0.724. The van der Waals surface area contributed by atoms with Gasteiger partial charge in [0.2, 0.25) is 0 Å². The first-order valence-corrected chi connectivity index (χ1v) is 14.6. The molecule has 2 atom stereocenters. The van der Waals surface area contributed by atoms with Crippen LogP contribution in [0.25, 0.3) is 0 Å². The Kier molecular flexibility index (Phi) is 14.9. The van der Waals surface area contributed by atoms with E-state index in [1.165, 1.54) is 56.9 Å². The molecule has 1 rings (SSSR count). The second-order valence-electron chi connectivity index (χ2n) is 10.6. The monoisotopic (exact) mass is 478 g/mol. The van der Waals surface area contributed by atoms with E-state index in [-0.39, 0.29) is 11.5 Å². The molecule has 0 heterocycles. The molecule has 4 heteroatoms. The molecule has 0 bridgehead atoms. The van der Waals surface area contributed by atoms with Gasteiger partial charge in [0.1, 0.15) is 0 Å². The van der Waals surface area contributed by atoms with E-state index in [4.69, 9.17) is 4.18 Å². The molecule has 0 N–H and O–H groups in total. The van der Waals surface area contributed by atoms with E-state index in [1.54, 1.807) is 24.3 Å². The first-order chi connectivity index (χ1) is 15.6. The highest BCUT2D eigenvalue weighted by atomic mass is 32.2. The van der Waals surface area contributed by atoms with Crippen molar-refractivity contribution in [3.8, 4) is 0 Å². The normalized spacial score (nSPS) is 14.6. The lowest BCUT2D eigenvalue weighted by Gasteiger charge is -2.15. The Bertz CT molecular complexity index is 763. The Hall–Kier alpha value is -1.13. The van der Waals surface area contributed by atoms with Crippen LogP contribution in [0.2, 0.25) is 0 Å². The quantitative estimate of drug-likeness (QED) is 0.120. The van der Waals surface area contributed by atoms with Crippen molar-refractivity contribution in [2.45, 2.75) is 117 Å². The van der Waals surface area contributed by atoms with Crippen LogP contribution >= 0.6 is 0 Å². The molecule has 1 aromatic rings. The topological polar surface area (TPSA) is 43.4 Å². The Morgan fingerprint density at radius 3 is 1.97 bits per heavy atom. The summed E-state index contributed by atoms with van der Waals surface area (Å²) in [6.07, 6.45) is 15.7. The van der Waals surface area contributed by atoms with Crippen molar-refractivity contribution >= 4 is 10.1 Å². The molecule has 2 unspecified atom stereocenters. The summed E-state index contributed by atoms with van der Waals surface area (Å²) in [6.45, 7) is 13.8. The second kappa shape index (κ2) is 16.5. The van der Waals surface area contributed by atoms with Crippen molar-refractivity contribution in [1.29, 1.82) is 0 Å². The summed E-state index contributed by atoms with van der Waals surface area (Å²) in [5.41, 5.74) is 2.44. The fourth-order valence-corrected chi connectivity index (χ4v) is 5.13. The minimum atomic E-state index is -3.64. The molecule has 0 aliphatic carbocycles. The Labute approximate surface area is 205 Å². The maximum Gasteiger partial charge on any atom is 0.296 e. The Balaban J connectivity index is 2.11. The lowest BCUT2D eigenvalue weighted by atomic mass is 9.91. The molecule has 0 amide bonds. The van der Waals surface area contributed by atoms with Gasteiger partial charge >= 0.3 is 0 Å². The van der Waals surface area contributed by atoms with Gasteiger partial charge in [-0.05, 0) is 69.4 Å². The van der Waals surface area contributed by atoms with Crippen molar-refractivity contribution in [2.24, 2.45) is 17.8 Å². The molecule has 0 saturated heterocycles. The van der Waals surface area contributed by atoms with Crippen molar-refractivity contribution < 1.29 is 12.6 Å². The highest BCUT2D eigenvalue weighted by molar-refractivity contribution is 7.86. The van der Waals surface area contributed by atoms with Crippen LogP contribution < -0.4 is 0 Å². The highest BCUT2D eigenvalue weighted by Gasteiger charge is 2.14. The summed E-state index contributed by atoms with van der Waals surface area (Å²) in [6, 6.07) is 6.78. The minimum Gasteiger partial charge on any atom is -0.266 e. The summed E-state index contributed by atoms with van der Waals surface area (Å²) >= 11 is 0. The maximum absolute atomic E-state index is 12.2. The van der Waals surface area contributed by atoms with Crippen LogP contribution in [0.15, 0.2) is 40.8 Å². The standard InChI is InChI=1S/C29H50O3S/c1-24(2)12-9-14-26(4)16-11-18-27(5)17-10-15-25(3)13-7-8-23-32-33(30,31)29-21-19-28(6)20-22-29/h13,19-22,24,26-27H,7-12,14-18,23H2,1-6H3.